The van der Waals surface area contributed by atoms with E-state index in [4.69, 9.17) is 5.73 Å². The van der Waals surface area contributed by atoms with Gasteiger partial charge < -0.3 is 11.1 Å². The molecule has 2 heterocycles. The molecule has 0 aliphatic carbocycles. The minimum atomic E-state index is -0.282. The van der Waals surface area contributed by atoms with Gasteiger partial charge >= 0.3 is 0 Å². The molecule has 17 heavy (non-hydrogen) atoms. The number of amides is 1. The van der Waals surface area contributed by atoms with E-state index >= 15 is 0 Å². The van der Waals surface area contributed by atoms with Crippen LogP contribution in [0.25, 0.3) is 0 Å². The molecule has 0 atom stereocenters. The minimum Gasteiger partial charge on any atom is -0.397 e. The molecule has 0 aliphatic rings. The van der Waals surface area contributed by atoms with Gasteiger partial charge in [-0.1, -0.05) is 0 Å². The lowest BCUT2D eigenvalue weighted by atomic mass is 10.3. The molecule has 0 saturated heterocycles. The van der Waals surface area contributed by atoms with E-state index in [1.54, 1.807) is 35.9 Å². The van der Waals surface area contributed by atoms with Crippen LogP contribution in [0.15, 0.2) is 24.5 Å². The Morgan fingerprint density at radius 2 is 2.35 bits per heavy atom. The van der Waals surface area contributed by atoms with Gasteiger partial charge in [-0.05, 0) is 19.1 Å². The highest BCUT2D eigenvalue weighted by Crippen LogP contribution is 2.11. The summed E-state index contributed by atoms with van der Waals surface area (Å²) in [6.45, 7) is 2.37. The van der Waals surface area contributed by atoms with Crippen molar-refractivity contribution in [1.29, 1.82) is 0 Å². The van der Waals surface area contributed by atoms with E-state index in [2.05, 4.69) is 15.3 Å². The molecular weight excluding hydrogens is 236 g/mol. The van der Waals surface area contributed by atoms with E-state index < -0.39 is 0 Å². The molecule has 88 valence electrons. The van der Waals surface area contributed by atoms with E-state index in [0.717, 1.165) is 9.88 Å². The molecule has 0 saturated carbocycles. The number of rotatable bonds is 3. The monoisotopic (exact) mass is 248 g/mol. The maximum atomic E-state index is 11.8. The van der Waals surface area contributed by atoms with Gasteiger partial charge in [0.1, 0.15) is 5.01 Å². The third-order valence-electron chi connectivity index (χ3n) is 2.12. The van der Waals surface area contributed by atoms with Crippen molar-refractivity contribution in [2.24, 2.45) is 0 Å². The highest BCUT2D eigenvalue weighted by molar-refractivity contribution is 7.11. The number of thiazole rings is 1. The van der Waals surface area contributed by atoms with E-state index in [-0.39, 0.29) is 11.6 Å². The van der Waals surface area contributed by atoms with Crippen molar-refractivity contribution in [3.05, 3.63) is 40.1 Å². The first-order valence-corrected chi connectivity index (χ1v) is 5.88. The molecule has 5 nitrogen and oxygen atoms in total. The van der Waals surface area contributed by atoms with Crippen LogP contribution in [0, 0.1) is 6.92 Å². The topological polar surface area (TPSA) is 80.9 Å². The Kier molecular flexibility index (Phi) is 3.34. The van der Waals surface area contributed by atoms with Crippen LogP contribution in [0.5, 0.6) is 0 Å². The SMILES string of the molecule is Cc1cnc(CNC(=O)c2ncccc2N)s1. The number of hydrogen-bond acceptors (Lipinski definition) is 5. The maximum Gasteiger partial charge on any atom is 0.272 e. The molecule has 0 aromatic carbocycles. The zero-order valence-corrected chi connectivity index (χ0v) is 10.1. The second-order valence-electron chi connectivity index (χ2n) is 3.49. The largest absolute Gasteiger partial charge is 0.397 e. The third-order valence-corrected chi connectivity index (χ3v) is 3.04. The smallest absolute Gasteiger partial charge is 0.272 e. The molecular formula is C11H12N4OS. The average molecular weight is 248 g/mol. The van der Waals surface area contributed by atoms with E-state index in [1.165, 1.54) is 0 Å². The molecule has 6 heteroatoms. The number of aryl methyl sites for hydroxylation is 1. The van der Waals surface area contributed by atoms with Gasteiger partial charge in [-0.25, -0.2) is 9.97 Å². The maximum absolute atomic E-state index is 11.8. The van der Waals surface area contributed by atoms with E-state index in [0.29, 0.717) is 12.2 Å². The van der Waals surface area contributed by atoms with Crippen molar-refractivity contribution in [2.75, 3.05) is 5.73 Å². The second-order valence-corrected chi connectivity index (χ2v) is 4.81. The summed E-state index contributed by atoms with van der Waals surface area (Å²) in [5.74, 6) is -0.282. The molecule has 1 amide bonds. The molecule has 2 rings (SSSR count). The predicted octanol–water partition coefficient (Wildman–Crippen LogP) is 1.36. The summed E-state index contributed by atoms with van der Waals surface area (Å²) in [5, 5.41) is 3.60. The normalized spacial score (nSPS) is 10.2. The number of anilines is 1. The lowest BCUT2D eigenvalue weighted by Gasteiger charge is -2.04. The Morgan fingerprint density at radius 3 is 3.00 bits per heavy atom. The fraction of sp³-hybridized carbons (Fsp3) is 0.182. The Bertz CT molecular complexity index is 538. The third kappa shape index (κ3) is 2.79. The molecule has 3 N–H and O–H groups in total. The van der Waals surface area contributed by atoms with Crippen LogP contribution in [-0.4, -0.2) is 15.9 Å². The Hall–Kier alpha value is -1.95. The summed E-state index contributed by atoms with van der Waals surface area (Å²) < 4.78 is 0. The number of hydrogen-bond donors (Lipinski definition) is 2. The number of pyridine rings is 1. The van der Waals surface area contributed by atoms with Crippen LogP contribution >= 0.6 is 11.3 Å². The number of nitrogens with one attached hydrogen (secondary N) is 1. The molecule has 0 bridgehead atoms. The molecule has 0 spiro atoms. The second kappa shape index (κ2) is 4.92. The lowest BCUT2D eigenvalue weighted by molar-refractivity contribution is 0.0947. The number of nitrogen functional groups attached to an aromatic ring is 1. The van der Waals surface area contributed by atoms with Gasteiger partial charge in [0.25, 0.3) is 5.91 Å². The fourth-order valence-electron chi connectivity index (χ4n) is 1.33. The first-order valence-electron chi connectivity index (χ1n) is 5.07. The first kappa shape index (κ1) is 11.5. The first-order chi connectivity index (χ1) is 8.16. The summed E-state index contributed by atoms with van der Waals surface area (Å²) in [5.41, 5.74) is 6.28. The summed E-state index contributed by atoms with van der Waals surface area (Å²) in [7, 11) is 0. The molecule has 0 fully saturated rings. The lowest BCUT2D eigenvalue weighted by Crippen LogP contribution is -2.24. The summed E-state index contributed by atoms with van der Waals surface area (Å²) in [4.78, 5) is 21.0. The van der Waals surface area contributed by atoms with Crippen LogP contribution < -0.4 is 11.1 Å². The quantitative estimate of drug-likeness (QED) is 0.859. The molecule has 0 aliphatic heterocycles. The molecule has 2 aromatic rings. The van der Waals surface area contributed by atoms with Crippen molar-refractivity contribution in [1.82, 2.24) is 15.3 Å². The summed E-state index contributed by atoms with van der Waals surface area (Å²) >= 11 is 1.55. The Labute approximate surface area is 103 Å². The Morgan fingerprint density at radius 1 is 1.53 bits per heavy atom. The van der Waals surface area contributed by atoms with Gasteiger partial charge in [0, 0.05) is 17.3 Å². The fourth-order valence-corrected chi connectivity index (χ4v) is 2.06. The van der Waals surface area contributed by atoms with Crippen LogP contribution in [0.4, 0.5) is 5.69 Å². The van der Waals surface area contributed by atoms with Crippen LogP contribution in [0.1, 0.15) is 20.4 Å². The number of carbonyl (C=O) groups excluding carboxylic acids is 1. The van der Waals surface area contributed by atoms with E-state index in [1.807, 2.05) is 6.92 Å². The standard InChI is InChI=1S/C11H12N4OS/c1-7-5-14-9(17-7)6-15-11(16)10-8(12)3-2-4-13-10/h2-5H,6,12H2,1H3,(H,15,16). The van der Waals surface area contributed by atoms with Crippen LogP contribution in [0.2, 0.25) is 0 Å². The summed E-state index contributed by atoms with van der Waals surface area (Å²) in [6, 6.07) is 3.34. The van der Waals surface area contributed by atoms with Crippen molar-refractivity contribution in [3.8, 4) is 0 Å². The zero-order valence-electron chi connectivity index (χ0n) is 9.30. The van der Waals surface area contributed by atoms with Gasteiger partial charge in [0.15, 0.2) is 5.69 Å². The number of carbonyl (C=O) groups is 1. The van der Waals surface area contributed by atoms with Crippen LogP contribution in [0.3, 0.4) is 0 Å². The van der Waals surface area contributed by atoms with Crippen molar-refractivity contribution >= 4 is 22.9 Å². The van der Waals surface area contributed by atoms with Gasteiger partial charge in [-0.2, -0.15) is 0 Å². The van der Waals surface area contributed by atoms with Gasteiger partial charge in [-0.15, -0.1) is 11.3 Å². The molecule has 0 radical (unpaired) electrons. The highest BCUT2D eigenvalue weighted by atomic mass is 32.1. The average Bonchev–Trinajstić information content (AvgIpc) is 2.73. The van der Waals surface area contributed by atoms with Gasteiger partial charge in [-0.3, -0.25) is 4.79 Å². The molecule has 2 aromatic heterocycles. The minimum absolute atomic E-state index is 0.251. The Balaban J connectivity index is 2.01. The van der Waals surface area contributed by atoms with Crippen molar-refractivity contribution in [3.63, 3.8) is 0 Å². The van der Waals surface area contributed by atoms with Crippen molar-refractivity contribution in [2.45, 2.75) is 13.5 Å². The van der Waals surface area contributed by atoms with E-state index in [9.17, 15) is 4.79 Å². The van der Waals surface area contributed by atoms with Gasteiger partial charge in [0.05, 0.1) is 12.2 Å². The summed E-state index contributed by atoms with van der Waals surface area (Å²) in [6.07, 6.45) is 3.32. The number of nitrogens with zero attached hydrogens (tertiary/aromatic N) is 2. The number of aromatic nitrogens is 2. The number of nitrogens with two attached hydrogens (primary N) is 1. The highest BCUT2D eigenvalue weighted by Gasteiger charge is 2.10. The molecule has 0 unspecified atom stereocenters. The zero-order chi connectivity index (χ0) is 12.3. The van der Waals surface area contributed by atoms with Gasteiger partial charge in [0.2, 0.25) is 0 Å². The van der Waals surface area contributed by atoms with Crippen LogP contribution in [-0.2, 0) is 6.54 Å². The van der Waals surface area contributed by atoms with Crippen molar-refractivity contribution < 1.29 is 4.79 Å². The predicted molar refractivity (Wildman–Crippen MR) is 66.7 cm³/mol.